The van der Waals surface area contributed by atoms with Gasteiger partial charge in [-0.3, -0.25) is 0 Å². The first-order valence-electron chi connectivity index (χ1n) is 9.97. The number of carboxylic acid groups (broad SMARTS) is 1. The van der Waals surface area contributed by atoms with Crippen LogP contribution < -0.4 is 4.74 Å². The smallest absolute Gasteiger partial charge is 0.416 e. The van der Waals surface area contributed by atoms with Crippen molar-refractivity contribution in [1.82, 2.24) is 5.16 Å². The van der Waals surface area contributed by atoms with E-state index in [2.05, 4.69) is 5.16 Å². The van der Waals surface area contributed by atoms with E-state index in [9.17, 15) is 23.1 Å². The predicted molar refractivity (Wildman–Crippen MR) is 107 cm³/mol. The van der Waals surface area contributed by atoms with Crippen LogP contribution in [-0.4, -0.2) is 28.4 Å². The van der Waals surface area contributed by atoms with Crippen LogP contribution >= 0.6 is 0 Å². The Hall–Kier alpha value is -3.33. The van der Waals surface area contributed by atoms with Gasteiger partial charge in [-0.15, -0.1) is 0 Å². The van der Waals surface area contributed by atoms with Crippen molar-refractivity contribution in [1.29, 1.82) is 0 Å². The zero-order chi connectivity index (χ0) is 22.8. The Kier molecular flexibility index (Phi) is 5.92. The highest BCUT2D eigenvalue weighted by atomic mass is 19.4. The van der Waals surface area contributed by atoms with Gasteiger partial charge in [0.1, 0.15) is 18.1 Å². The summed E-state index contributed by atoms with van der Waals surface area (Å²) in [6.07, 6.45) is -2.91. The molecule has 6 nitrogen and oxygen atoms in total. The lowest BCUT2D eigenvalue weighted by Crippen LogP contribution is -2.40. The van der Waals surface area contributed by atoms with E-state index in [0.29, 0.717) is 35.8 Å². The van der Waals surface area contributed by atoms with Crippen LogP contribution in [0, 0.1) is 0 Å². The Morgan fingerprint density at radius 3 is 2.44 bits per heavy atom. The van der Waals surface area contributed by atoms with Gasteiger partial charge in [-0.2, -0.15) is 13.2 Å². The fourth-order valence-electron chi connectivity index (χ4n) is 3.62. The quantitative estimate of drug-likeness (QED) is 0.542. The number of hydrogen-bond donors (Lipinski definition) is 1. The summed E-state index contributed by atoms with van der Waals surface area (Å²) in [5, 5.41) is 13.4. The highest BCUT2D eigenvalue weighted by Gasteiger charge is 2.42. The van der Waals surface area contributed by atoms with E-state index in [1.165, 1.54) is 12.1 Å². The van der Waals surface area contributed by atoms with Crippen LogP contribution in [0.2, 0.25) is 0 Å². The predicted octanol–water partition coefficient (Wildman–Crippen LogP) is 5.12. The molecule has 4 rings (SSSR count). The van der Waals surface area contributed by atoms with E-state index in [1.807, 2.05) is 0 Å². The van der Waals surface area contributed by atoms with Crippen LogP contribution in [-0.2, 0) is 28.7 Å². The highest BCUT2D eigenvalue weighted by Crippen LogP contribution is 2.32. The normalized spacial score (nSPS) is 18.6. The number of aliphatic carboxylic acids is 1. The van der Waals surface area contributed by atoms with Crippen LogP contribution in [0.4, 0.5) is 13.2 Å². The van der Waals surface area contributed by atoms with Gasteiger partial charge in [0.2, 0.25) is 0 Å². The molecule has 0 spiro atoms. The molecular weight excluding hydrogens is 427 g/mol. The fraction of sp³-hybridized carbons (Fsp3) is 0.304. The number of alkyl halides is 3. The number of ether oxygens (including phenoxy) is 2. The third-order valence-electron chi connectivity index (χ3n) is 5.35. The number of rotatable bonds is 7. The third-order valence-corrected chi connectivity index (χ3v) is 5.35. The van der Waals surface area contributed by atoms with E-state index in [0.717, 1.165) is 24.1 Å². The van der Waals surface area contributed by atoms with Crippen molar-refractivity contribution in [2.75, 3.05) is 6.61 Å². The van der Waals surface area contributed by atoms with E-state index < -0.39 is 23.3 Å². The monoisotopic (exact) mass is 447 g/mol. The summed E-state index contributed by atoms with van der Waals surface area (Å²) < 4.78 is 54.4. The third kappa shape index (κ3) is 4.77. The Bertz CT molecular complexity index is 1070. The second-order valence-corrected chi connectivity index (χ2v) is 7.61. The number of carboxylic acids is 1. The first-order chi connectivity index (χ1) is 15.2. The summed E-state index contributed by atoms with van der Waals surface area (Å²) >= 11 is 0. The number of hydrogen-bond acceptors (Lipinski definition) is 5. The molecule has 9 heteroatoms. The zero-order valence-corrected chi connectivity index (χ0v) is 16.9. The summed E-state index contributed by atoms with van der Waals surface area (Å²) in [4.78, 5) is 11.6. The lowest BCUT2D eigenvalue weighted by Gasteiger charge is -2.23. The number of aromatic nitrogens is 1. The molecule has 3 aromatic rings. The number of carbonyl (C=O) groups is 1. The second-order valence-electron chi connectivity index (χ2n) is 7.61. The van der Waals surface area contributed by atoms with Gasteiger partial charge < -0.3 is 19.1 Å². The minimum absolute atomic E-state index is 0.0785. The SMILES string of the molecule is O=C(O)[C@@]1(Cc2ccc(OCc3cc(-c4ccc(C(F)(F)F)cc4)no3)cc2)CCCO1. The lowest BCUT2D eigenvalue weighted by molar-refractivity contribution is -0.159. The molecule has 2 aromatic carbocycles. The van der Waals surface area contributed by atoms with Crippen LogP contribution in [0.25, 0.3) is 11.3 Å². The molecular formula is C23H20F3NO5. The molecule has 1 atom stereocenters. The van der Waals surface area contributed by atoms with Gasteiger partial charge in [-0.1, -0.05) is 29.4 Å². The van der Waals surface area contributed by atoms with Crippen molar-refractivity contribution in [2.45, 2.75) is 37.6 Å². The molecule has 0 saturated carbocycles. The molecule has 1 saturated heterocycles. The minimum Gasteiger partial charge on any atom is -0.486 e. The van der Waals surface area contributed by atoms with Gasteiger partial charge in [0.25, 0.3) is 0 Å². The fourth-order valence-corrected chi connectivity index (χ4v) is 3.62. The second kappa shape index (κ2) is 8.66. The highest BCUT2D eigenvalue weighted by molar-refractivity contribution is 5.78. The minimum atomic E-state index is -4.39. The van der Waals surface area contributed by atoms with Gasteiger partial charge in [0.15, 0.2) is 11.4 Å². The summed E-state index contributed by atoms with van der Waals surface area (Å²) in [7, 11) is 0. The summed E-state index contributed by atoms with van der Waals surface area (Å²) in [5.41, 5.74) is -0.171. The number of halogens is 3. The molecule has 0 aliphatic carbocycles. The Morgan fingerprint density at radius 2 is 1.84 bits per heavy atom. The van der Waals surface area contributed by atoms with Crippen molar-refractivity contribution in [3.63, 3.8) is 0 Å². The Labute approximate surface area is 181 Å². The molecule has 0 radical (unpaired) electrons. The molecule has 1 aliphatic heterocycles. The van der Waals surface area contributed by atoms with E-state index in [-0.39, 0.29) is 13.0 Å². The Morgan fingerprint density at radius 1 is 1.12 bits per heavy atom. The number of benzene rings is 2. The van der Waals surface area contributed by atoms with Crippen LogP contribution in [0.5, 0.6) is 5.75 Å². The van der Waals surface area contributed by atoms with E-state index in [1.54, 1.807) is 30.3 Å². The molecule has 1 aromatic heterocycles. The first kappa shape index (κ1) is 21.9. The van der Waals surface area contributed by atoms with Gasteiger partial charge in [0.05, 0.1) is 5.56 Å². The summed E-state index contributed by atoms with van der Waals surface area (Å²) in [6, 6.07) is 13.3. The van der Waals surface area contributed by atoms with Crippen LogP contribution in [0.3, 0.4) is 0 Å². The Balaban J connectivity index is 1.35. The molecule has 168 valence electrons. The van der Waals surface area contributed by atoms with Crippen LogP contribution in [0.15, 0.2) is 59.1 Å². The average Bonchev–Trinajstić information content (AvgIpc) is 3.43. The standard InChI is InChI=1S/C23H20F3NO5/c24-23(25,26)17-6-4-16(5-7-17)20-12-19(32-27-20)14-30-18-8-2-15(3-9-18)13-22(21(28)29)10-1-11-31-22/h2-9,12H,1,10-11,13-14H2,(H,28,29)/t22-/m0/s1. The molecule has 0 amide bonds. The molecule has 1 fully saturated rings. The summed E-state index contributed by atoms with van der Waals surface area (Å²) in [5.74, 6) is 0.00982. The topological polar surface area (TPSA) is 81.8 Å². The van der Waals surface area contributed by atoms with Crippen molar-refractivity contribution in [2.24, 2.45) is 0 Å². The van der Waals surface area contributed by atoms with Crippen molar-refractivity contribution in [3.05, 3.63) is 71.5 Å². The molecule has 1 N–H and O–H groups in total. The largest absolute Gasteiger partial charge is 0.486 e. The molecule has 32 heavy (non-hydrogen) atoms. The van der Waals surface area contributed by atoms with Gasteiger partial charge in [-0.05, 0) is 42.7 Å². The lowest BCUT2D eigenvalue weighted by atomic mass is 9.92. The van der Waals surface area contributed by atoms with Crippen molar-refractivity contribution < 1.29 is 37.1 Å². The molecule has 1 aliphatic rings. The van der Waals surface area contributed by atoms with E-state index in [4.69, 9.17) is 14.0 Å². The molecule has 0 bridgehead atoms. The van der Waals surface area contributed by atoms with E-state index >= 15 is 0 Å². The molecule has 2 heterocycles. The van der Waals surface area contributed by atoms with Crippen molar-refractivity contribution in [3.8, 4) is 17.0 Å². The maximum Gasteiger partial charge on any atom is 0.416 e. The van der Waals surface area contributed by atoms with Gasteiger partial charge in [-0.25, -0.2) is 4.79 Å². The van der Waals surface area contributed by atoms with Gasteiger partial charge in [0, 0.05) is 24.7 Å². The average molecular weight is 447 g/mol. The van der Waals surface area contributed by atoms with Gasteiger partial charge >= 0.3 is 12.1 Å². The summed E-state index contributed by atoms with van der Waals surface area (Å²) in [6.45, 7) is 0.522. The zero-order valence-electron chi connectivity index (χ0n) is 16.9. The van der Waals surface area contributed by atoms with Crippen LogP contribution in [0.1, 0.15) is 29.7 Å². The van der Waals surface area contributed by atoms with Crippen molar-refractivity contribution >= 4 is 5.97 Å². The number of nitrogens with zero attached hydrogens (tertiary/aromatic N) is 1. The maximum atomic E-state index is 12.7. The first-order valence-corrected chi connectivity index (χ1v) is 9.97. The molecule has 0 unspecified atom stereocenters. The maximum absolute atomic E-state index is 12.7.